The van der Waals surface area contributed by atoms with Crippen LogP contribution in [0.5, 0.6) is 0 Å². The van der Waals surface area contributed by atoms with Gasteiger partial charge in [0.15, 0.2) is 5.82 Å². The van der Waals surface area contributed by atoms with E-state index in [4.69, 9.17) is 11.6 Å². The summed E-state index contributed by atoms with van der Waals surface area (Å²) >= 11 is 6.12. The molecule has 0 aliphatic carbocycles. The van der Waals surface area contributed by atoms with Crippen molar-refractivity contribution in [3.63, 3.8) is 0 Å². The van der Waals surface area contributed by atoms with E-state index in [9.17, 15) is 9.18 Å². The lowest BCUT2D eigenvalue weighted by Gasteiger charge is -2.05. The Morgan fingerprint density at radius 1 is 1.36 bits per heavy atom. The largest absolute Gasteiger partial charge is 0.308 e. The fourth-order valence-electron chi connectivity index (χ4n) is 2.42. The molecule has 3 aromatic rings. The van der Waals surface area contributed by atoms with Crippen LogP contribution in [0.15, 0.2) is 42.7 Å². The van der Waals surface area contributed by atoms with Crippen LogP contribution in [0.2, 0.25) is 5.02 Å². The van der Waals surface area contributed by atoms with Gasteiger partial charge < -0.3 is 5.32 Å². The van der Waals surface area contributed by atoms with Crippen molar-refractivity contribution in [2.45, 2.75) is 26.4 Å². The van der Waals surface area contributed by atoms with Crippen LogP contribution in [0.4, 0.5) is 10.2 Å². The number of halogens is 2. The van der Waals surface area contributed by atoms with Crippen LogP contribution < -0.4 is 5.32 Å². The third kappa shape index (κ3) is 4.45. The first kappa shape index (κ1) is 17.2. The fraction of sp³-hybridized carbons (Fsp3) is 0.235. The Bertz CT molecular complexity index is 889. The predicted molar refractivity (Wildman–Crippen MR) is 92.9 cm³/mol. The summed E-state index contributed by atoms with van der Waals surface area (Å²) in [6.07, 6.45) is 3.55. The number of anilines is 1. The Kier molecular flexibility index (Phi) is 5.14. The number of hydrogen-bond acceptors (Lipinski definition) is 3. The van der Waals surface area contributed by atoms with Crippen molar-refractivity contribution in [1.82, 2.24) is 19.6 Å². The molecule has 130 valence electrons. The Labute approximate surface area is 149 Å². The first-order chi connectivity index (χ1) is 12.0. The Morgan fingerprint density at radius 3 is 2.92 bits per heavy atom. The minimum Gasteiger partial charge on any atom is -0.308 e. The number of nitrogens with zero attached hydrogens (tertiary/aromatic N) is 4. The van der Waals surface area contributed by atoms with Gasteiger partial charge in [0.25, 0.3) is 0 Å². The summed E-state index contributed by atoms with van der Waals surface area (Å²) in [4.78, 5) is 12.1. The lowest BCUT2D eigenvalue weighted by Crippen LogP contribution is -2.16. The molecule has 0 bridgehead atoms. The molecular formula is C17H17ClFN5O. The number of aromatic nitrogens is 4. The first-order valence-corrected chi connectivity index (χ1v) is 8.15. The Balaban J connectivity index is 1.60. The maximum atomic E-state index is 13.2. The van der Waals surface area contributed by atoms with E-state index < -0.39 is 0 Å². The van der Waals surface area contributed by atoms with Crippen molar-refractivity contribution in [2.24, 2.45) is 0 Å². The molecule has 0 saturated heterocycles. The number of amides is 1. The maximum absolute atomic E-state index is 13.2. The Morgan fingerprint density at radius 2 is 2.20 bits per heavy atom. The molecule has 6 nitrogen and oxygen atoms in total. The van der Waals surface area contributed by atoms with Gasteiger partial charge >= 0.3 is 0 Å². The molecule has 0 unspecified atom stereocenters. The molecule has 2 heterocycles. The van der Waals surface area contributed by atoms with Crippen LogP contribution in [-0.2, 0) is 17.9 Å². The van der Waals surface area contributed by atoms with Gasteiger partial charge in [-0.05, 0) is 30.7 Å². The molecule has 0 radical (unpaired) electrons. The second kappa shape index (κ2) is 7.48. The van der Waals surface area contributed by atoms with Crippen molar-refractivity contribution < 1.29 is 9.18 Å². The summed E-state index contributed by atoms with van der Waals surface area (Å²) in [6.45, 7) is 2.77. The quantitative estimate of drug-likeness (QED) is 0.733. The first-order valence-electron chi connectivity index (χ1n) is 7.77. The lowest BCUT2D eigenvalue weighted by molar-refractivity contribution is -0.116. The Hall–Kier alpha value is -2.67. The highest BCUT2D eigenvalue weighted by atomic mass is 35.5. The van der Waals surface area contributed by atoms with Gasteiger partial charge in [-0.15, -0.1) is 0 Å². The van der Waals surface area contributed by atoms with Crippen molar-refractivity contribution in [3.8, 4) is 0 Å². The highest BCUT2D eigenvalue weighted by molar-refractivity contribution is 6.33. The number of hydrogen-bond donors (Lipinski definition) is 1. The summed E-state index contributed by atoms with van der Waals surface area (Å²) in [5.74, 6) is -0.216. The smallest absolute Gasteiger partial charge is 0.227 e. The predicted octanol–water partition coefficient (Wildman–Crippen LogP) is 3.26. The van der Waals surface area contributed by atoms with E-state index in [1.54, 1.807) is 33.9 Å². The van der Waals surface area contributed by atoms with Crippen molar-refractivity contribution in [2.75, 3.05) is 5.32 Å². The van der Waals surface area contributed by atoms with E-state index in [-0.39, 0.29) is 18.1 Å². The van der Waals surface area contributed by atoms with Gasteiger partial charge in [0.2, 0.25) is 5.91 Å². The zero-order valence-electron chi connectivity index (χ0n) is 13.6. The van der Waals surface area contributed by atoms with Gasteiger partial charge in [-0.25, -0.2) is 4.39 Å². The van der Waals surface area contributed by atoms with E-state index >= 15 is 0 Å². The summed E-state index contributed by atoms with van der Waals surface area (Å²) in [6, 6.07) is 8.12. The number of rotatable bonds is 6. The van der Waals surface area contributed by atoms with E-state index in [1.165, 1.54) is 12.1 Å². The van der Waals surface area contributed by atoms with Crippen LogP contribution >= 0.6 is 11.6 Å². The molecule has 0 saturated carbocycles. The number of benzene rings is 1. The molecule has 3 rings (SSSR count). The minimum atomic E-state index is -0.307. The topological polar surface area (TPSA) is 64.7 Å². The van der Waals surface area contributed by atoms with E-state index in [2.05, 4.69) is 15.5 Å². The minimum absolute atomic E-state index is 0.201. The molecule has 0 aliphatic heterocycles. The number of carbonyl (C=O) groups is 1. The standard InChI is InChI=1S/C17H17ClFN5O/c1-12-5-7-20-24(12)8-6-16(25)21-17-15(18)11-23(22-17)10-13-3-2-4-14(19)9-13/h2-5,7,9,11H,6,8,10H2,1H3,(H,21,22,25). The fourth-order valence-corrected chi connectivity index (χ4v) is 2.62. The SMILES string of the molecule is Cc1ccnn1CCC(=O)Nc1nn(Cc2cccc(F)c2)cc1Cl. The van der Waals surface area contributed by atoms with Crippen molar-refractivity contribution in [3.05, 3.63) is 64.8 Å². The zero-order valence-corrected chi connectivity index (χ0v) is 14.4. The summed E-state index contributed by atoms with van der Waals surface area (Å²) in [7, 11) is 0. The molecule has 0 spiro atoms. The average molecular weight is 362 g/mol. The lowest BCUT2D eigenvalue weighted by atomic mass is 10.2. The number of carbonyl (C=O) groups excluding carboxylic acids is 1. The van der Waals surface area contributed by atoms with Gasteiger partial charge in [-0.2, -0.15) is 10.2 Å². The second-order valence-corrected chi connectivity index (χ2v) is 6.05. The normalized spacial score (nSPS) is 10.8. The average Bonchev–Trinajstić information content (AvgIpc) is 3.11. The number of nitrogens with one attached hydrogen (secondary N) is 1. The summed E-state index contributed by atoms with van der Waals surface area (Å²) in [5, 5.41) is 11.4. The molecule has 1 N–H and O–H groups in total. The molecule has 2 aromatic heterocycles. The highest BCUT2D eigenvalue weighted by Gasteiger charge is 2.12. The van der Waals surface area contributed by atoms with Crippen LogP contribution in [-0.4, -0.2) is 25.5 Å². The molecular weight excluding hydrogens is 345 g/mol. The second-order valence-electron chi connectivity index (χ2n) is 5.65. The van der Waals surface area contributed by atoms with E-state index in [0.29, 0.717) is 23.9 Å². The number of aryl methyl sites for hydroxylation is 2. The molecule has 1 aromatic carbocycles. The van der Waals surface area contributed by atoms with Crippen LogP contribution in [0.25, 0.3) is 0 Å². The molecule has 8 heteroatoms. The third-order valence-electron chi connectivity index (χ3n) is 3.69. The van der Waals surface area contributed by atoms with Gasteiger partial charge in [-0.3, -0.25) is 14.2 Å². The third-order valence-corrected chi connectivity index (χ3v) is 3.96. The van der Waals surface area contributed by atoms with Gasteiger partial charge in [0, 0.05) is 31.1 Å². The monoisotopic (exact) mass is 361 g/mol. The highest BCUT2D eigenvalue weighted by Crippen LogP contribution is 2.20. The molecule has 0 fully saturated rings. The molecule has 0 atom stereocenters. The van der Waals surface area contributed by atoms with Crippen LogP contribution in [0, 0.1) is 12.7 Å². The zero-order chi connectivity index (χ0) is 17.8. The molecule has 1 amide bonds. The van der Waals surface area contributed by atoms with Crippen LogP contribution in [0.3, 0.4) is 0 Å². The molecule has 0 aliphatic rings. The van der Waals surface area contributed by atoms with E-state index in [1.807, 2.05) is 13.0 Å². The van der Waals surface area contributed by atoms with Gasteiger partial charge in [-0.1, -0.05) is 23.7 Å². The van der Waals surface area contributed by atoms with Gasteiger partial charge in [0.05, 0.1) is 6.54 Å². The van der Waals surface area contributed by atoms with Crippen molar-refractivity contribution >= 4 is 23.3 Å². The maximum Gasteiger partial charge on any atom is 0.227 e. The van der Waals surface area contributed by atoms with Gasteiger partial charge in [0.1, 0.15) is 10.8 Å². The molecule has 25 heavy (non-hydrogen) atoms. The van der Waals surface area contributed by atoms with Crippen LogP contribution in [0.1, 0.15) is 17.7 Å². The summed E-state index contributed by atoms with van der Waals surface area (Å²) in [5.41, 5.74) is 1.75. The van der Waals surface area contributed by atoms with E-state index in [0.717, 1.165) is 11.3 Å². The summed E-state index contributed by atoms with van der Waals surface area (Å²) < 4.78 is 16.5. The van der Waals surface area contributed by atoms with Crippen molar-refractivity contribution in [1.29, 1.82) is 0 Å².